The maximum Gasteiger partial charge on any atom is 0.390 e. The highest BCUT2D eigenvalue weighted by Gasteiger charge is 2.29. The SMILES string of the molecule is Cn1cnc([N+](=O)[O-])c1C[N+](C)(CCCl)CCCl. The van der Waals surface area contributed by atoms with E-state index in [1.54, 1.807) is 11.6 Å². The van der Waals surface area contributed by atoms with E-state index in [9.17, 15) is 10.1 Å². The molecule has 0 aliphatic rings. The van der Waals surface area contributed by atoms with Crippen LogP contribution < -0.4 is 0 Å². The lowest BCUT2D eigenvalue weighted by atomic mass is 10.3. The summed E-state index contributed by atoms with van der Waals surface area (Å²) in [5.74, 6) is 0.879. The Morgan fingerprint density at radius 2 is 2.00 bits per heavy atom. The molecule has 102 valence electrons. The van der Waals surface area contributed by atoms with Gasteiger partial charge in [0.15, 0.2) is 5.69 Å². The number of hydrogen-bond donors (Lipinski definition) is 0. The van der Waals surface area contributed by atoms with Gasteiger partial charge in [0.25, 0.3) is 0 Å². The van der Waals surface area contributed by atoms with Gasteiger partial charge in [-0.25, -0.2) is 0 Å². The molecule has 0 saturated heterocycles. The van der Waals surface area contributed by atoms with E-state index in [1.165, 1.54) is 6.33 Å². The first-order chi connectivity index (χ1) is 8.43. The minimum Gasteiger partial charge on any atom is -0.358 e. The molecule has 0 N–H and O–H groups in total. The van der Waals surface area contributed by atoms with Gasteiger partial charge in [-0.05, 0) is 9.91 Å². The lowest BCUT2D eigenvalue weighted by Gasteiger charge is -2.32. The lowest BCUT2D eigenvalue weighted by Crippen LogP contribution is -2.46. The molecule has 1 aromatic rings. The molecule has 8 heteroatoms. The molecule has 0 aliphatic heterocycles. The van der Waals surface area contributed by atoms with Gasteiger partial charge in [0, 0.05) is 7.05 Å². The molecule has 1 rings (SSSR count). The Kier molecular flexibility index (Phi) is 5.37. The second-order valence-electron chi connectivity index (χ2n) is 4.49. The van der Waals surface area contributed by atoms with E-state index in [4.69, 9.17) is 23.2 Å². The Labute approximate surface area is 116 Å². The smallest absolute Gasteiger partial charge is 0.358 e. The Bertz CT molecular complexity index is 416. The Balaban J connectivity index is 2.99. The third-order valence-electron chi connectivity index (χ3n) is 2.99. The molecule has 0 amide bonds. The highest BCUT2D eigenvalue weighted by molar-refractivity contribution is 6.18. The van der Waals surface area contributed by atoms with Crippen LogP contribution >= 0.6 is 23.2 Å². The van der Waals surface area contributed by atoms with Crippen molar-refractivity contribution in [3.63, 3.8) is 0 Å². The number of quaternary nitrogens is 1. The number of nitrogens with zero attached hydrogens (tertiary/aromatic N) is 4. The molecule has 18 heavy (non-hydrogen) atoms. The largest absolute Gasteiger partial charge is 0.390 e. The molecule has 0 fully saturated rings. The molecular formula is C10H17Cl2N4O2+. The van der Waals surface area contributed by atoms with E-state index >= 15 is 0 Å². The summed E-state index contributed by atoms with van der Waals surface area (Å²) in [5.41, 5.74) is 0.595. The Morgan fingerprint density at radius 3 is 2.44 bits per heavy atom. The van der Waals surface area contributed by atoms with Crippen molar-refractivity contribution in [3.05, 3.63) is 22.1 Å². The molecule has 0 radical (unpaired) electrons. The number of hydrogen-bond acceptors (Lipinski definition) is 3. The fourth-order valence-electron chi connectivity index (χ4n) is 1.82. The van der Waals surface area contributed by atoms with E-state index in [0.717, 1.165) is 0 Å². The summed E-state index contributed by atoms with van der Waals surface area (Å²) in [6.07, 6.45) is 1.46. The fraction of sp³-hybridized carbons (Fsp3) is 0.700. The van der Waals surface area contributed by atoms with E-state index in [1.807, 2.05) is 7.05 Å². The van der Waals surface area contributed by atoms with Crippen LogP contribution in [0.15, 0.2) is 6.33 Å². The number of imidazole rings is 1. The lowest BCUT2D eigenvalue weighted by molar-refractivity contribution is -0.918. The van der Waals surface area contributed by atoms with Crippen LogP contribution in [0.4, 0.5) is 5.82 Å². The quantitative estimate of drug-likeness (QED) is 0.333. The average molecular weight is 296 g/mol. The topological polar surface area (TPSA) is 61.0 Å². The average Bonchev–Trinajstić information content (AvgIpc) is 2.61. The van der Waals surface area contributed by atoms with Crippen molar-refractivity contribution in [1.82, 2.24) is 9.55 Å². The van der Waals surface area contributed by atoms with Crippen LogP contribution in [0.1, 0.15) is 5.69 Å². The molecule has 0 aromatic carbocycles. The second kappa shape index (κ2) is 6.36. The van der Waals surface area contributed by atoms with Crippen LogP contribution in [0.2, 0.25) is 0 Å². The van der Waals surface area contributed by atoms with E-state index in [0.29, 0.717) is 41.6 Å². The van der Waals surface area contributed by atoms with E-state index in [-0.39, 0.29) is 5.82 Å². The minimum atomic E-state index is -0.457. The molecule has 0 spiro atoms. The van der Waals surface area contributed by atoms with Crippen molar-refractivity contribution in [1.29, 1.82) is 0 Å². The van der Waals surface area contributed by atoms with Gasteiger partial charge in [-0.1, -0.05) is 0 Å². The standard InChI is InChI=1S/C10H17Cl2N4O2/c1-14-8-13-10(15(17)18)9(14)7-16(2,5-3-11)6-4-12/h8H,3-7H2,1-2H3/q+1. The molecule has 1 aromatic heterocycles. The van der Waals surface area contributed by atoms with E-state index in [2.05, 4.69) is 4.98 Å². The number of rotatable bonds is 7. The predicted octanol–water partition coefficient (Wildman–Crippen LogP) is 1.75. The highest BCUT2D eigenvalue weighted by atomic mass is 35.5. The first-order valence-corrected chi connectivity index (χ1v) is 6.60. The van der Waals surface area contributed by atoms with Crippen LogP contribution in [0.25, 0.3) is 0 Å². The molecule has 0 atom stereocenters. The minimum absolute atomic E-state index is 0.0917. The molecule has 0 saturated carbocycles. The van der Waals surface area contributed by atoms with Gasteiger partial charge in [-0.15, -0.1) is 23.2 Å². The van der Waals surface area contributed by atoms with Crippen molar-refractivity contribution in [2.45, 2.75) is 6.54 Å². The fourth-order valence-corrected chi connectivity index (χ4v) is 2.63. The maximum absolute atomic E-state index is 10.9. The Morgan fingerprint density at radius 1 is 1.44 bits per heavy atom. The summed E-state index contributed by atoms with van der Waals surface area (Å²) >= 11 is 11.6. The van der Waals surface area contributed by atoms with Crippen molar-refractivity contribution in [2.75, 3.05) is 31.9 Å². The highest BCUT2D eigenvalue weighted by Crippen LogP contribution is 2.20. The van der Waals surface area contributed by atoms with Gasteiger partial charge in [0.1, 0.15) is 6.54 Å². The Hall–Kier alpha value is -0.850. The van der Waals surface area contributed by atoms with Gasteiger partial charge in [0.2, 0.25) is 6.33 Å². The third-order valence-corrected chi connectivity index (χ3v) is 3.33. The van der Waals surface area contributed by atoms with Gasteiger partial charge in [-0.3, -0.25) is 0 Å². The summed E-state index contributed by atoms with van der Waals surface area (Å²) in [4.78, 5) is 14.3. The first-order valence-electron chi connectivity index (χ1n) is 5.53. The predicted molar refractivity (Wildman–Crippen MR) is 70.9 cm³/mol. The number of aryl methyl sites for hydroxylation is 1. The number of halogens is 2. The summed E-state index contributed by atoms with van der Waals surface area (Å²) in [5, 5.41) is 10.9. The van der Waals surface area contributed by atoms with Gasteiger partial charge in [-0.2, -0.15) is 0 Å². The number of alkyl halides is 2. The number of aromatic nitrogens is 2. The zero-order valence-corrected chi connectivity index (χ0v) is 12.0. The van der Waals surface area contributed by atoms with E-state index < -0.39 is 4.92 Å². The molecule has 0 unspecified atom stereocenters. The van der Waals surface area contributed by atoms with Crippen LogP contribution in [0.5, 0.6) is 0 Å². The zero-order valence-electron chi connectivity index (χ0n) is 10.5. The van der Waals surface area contributed by atoms with Crippen LogP contribution in [0.3, 0.4) is 0 Å². The third kappa shape index (κ3) is 3.57. The second-order valence-corrected chi connectivity index (χ2v) is 5.24. The van der Waals surface area contributed by atoms with Crippen molar-refractivity contribution in [3.8, 4) is 0 Å². The van der Waals surface area contributed by atoms with Gasteiger partial charge in [0.05, 0.1) is 31.9 Å². The van der Waals surface area contributed by atoms with Crippen molar-refractivity contribution in [2.24, 2.45) is 7.05 Å². The molecule has 6 nitrogen and oxygen atoms in total. The molecule has 1 heterocycles. The number of nitro groups is 1. The van der Waals surface area contributed by atoms with Gasteiger partial charge < -0.3 is 19.2 Å². The molecule has 0 aliphatic carbocycles. The maximum atomic E-state index is 10.9. The zero-order chi connectivity index (χ0) is 13.8. The van der Waals surface area contributed by atoms with Crippen LogP contribution in [-0.2, 0) is 13.6 Å². The molecule has 0 bridgehead atoms. The van der Waals surface area contributed by atoms with Crippen molar-refractivity contribution >= 4 is 29.0 Å². The molecular weight excluding hydrogens is 279 g/mol. The first kappa shape index (κ1) is 15.2. The normalized spacial score (nSPS) is 11.8. The monoisotopic (exact) mass is 295 g/mol. The van der Waals surface area contributed by atoms with Crippen LogP contribution in [-0.4, -0.2) is 50.9 Å². The summed E-state index contributed by atoms with van der Waals surface area (Å²) < 4.78 is 2.24. The van der Waals surface area contributed by atoms with Crippen LogP contribution in [0, 0.1) is 10.1 Å². The summed E-state index contributed by atoms with van der Waals surface area (Å²) in [6.45, 7) is 1.90. The van der Waals surface area contributed by atoms with Crippen molar-refractivity contribution < 1.29 is 9.41 Å². The summed E-state index contributed by atoms with van der Waals surface area (Å²) in [7, 11) is 3.74. The summed E-state index contributed by atoms with van der Waals surface area (Å²) in [6, 6.07) is 0. The van der Waals surface area contributed by atoms with Gasteiger partial charge >= 0.3 is 5.82 Å².